The predicted molar refractivity (Wildman–Crippen MR) is 130 cm³/mol. The highest BCUT2D eigenvalue weighted by atomic mass is 14.8. The summed E-state index contributed by atoms with van der Waals surface area (Å²) < 4.78 is 0. The van der Waals surface area contributed by atoms with Crippen molar-refractivity contribution in [3.8, 4) is 0 Å². The SMILES string of the molecule is c1c[nH]cn1.c1c[nH]cn1.c1c[nH]cn1.c1c[nH]cn1.c1c[nH]cn1.c1c[nH]cn1.c1c[nH]cn1. The molecule has 14 heteroatoms. The number of rotatable bonds is 0. The van der Waals surface area contributed by atoms with Gasteiger partial charge in [0, 0.05) is 86.8 Å². The number of nitrogens with zero attached hydrogens (tertiary/aromatic N) is 7. The Hall–Kier alpha value is -5.53. The Morgan fingerprint density at radius 1 is 0.229 bits per heavy atom. The first-order chi connectivity index (χ1) is 17.5. The fourth-order valence-corrected chi connectivity index (χ4v) is 1.51. The van der Waals surface area contributed by atoms with Gasteiger partial charge in [0.25, 0.3) is 0 Å². The van der Waals surface area contributed by atoms with Crippen molar-refractivity contribution >= 4 is 0 Å². The van der Waals surface area contributed by atoms with E-state index in [0.29, 0.717) is 0 Å². The van der Waals surface area contributed by atoms with Crippen LogP contribution in [0.25, 0.3) is 0 Å². The Morgan fingerprint density at radius 3 is 0.400 bits per heavy atom. The standard InChI is InChI=1S/7C3H4N2/c7*1-2-5-3-4-1/h7*1-3H,(H,4,5). The molecule has 182 valence electrons. The number of aromatic nitrogens is 14. The van der Waals surface area contributed by atoms with Crippen LogP contribution >= 0.6 is 0 Å². The lowest BCUT2D eigenvalue weighted by atomic mass is 11.0. The minimum absolute atomic E-state index is 1.62. The summed E-state index contributed by atoms with van der Waals surface area (Å²) in [6, 6.07) is 0. The van der Waals surface area contributed by atoms with Crippen LogP contribution in [0.5, 0.6) is 0 Å². The quantitative estimate of drug-likeness (QED) is 0.174. The van der Waals surface area contributed by atoms with E-state index in [4.69, 9.17) is 0 Å². The molecule has 7 aromatic heterocycles. The normalized spacial score (nSPS) is 8.00. The third-order valence-corrected chi connectivity index (χ3v) is 2.84. The van der Waals surface area contributed by atoms with Crippen molar-refractivity contribution in [1.82, 2.24) is 69.8 Å². The summed E-state index contributed by atoms with van der Waals surface area (Å²) in [5, 5.41) is 0. The Morgan fingerprint density at radius 2 is 0.371 bits per heavy atom. The van der Waals surface area contributed by atoms with Gasteiger partial charge in [-0.25, -0.2) is 34.9 Å². The molecule has 0 atom stereocenters. The maximum Gasteiger partial charge on any atom is 0.0919 e. The summed E-state index contributed by atoms with van der Waals surface area (Å²) in [5.41, 5.74) is 0. The van der Waals surface area contributed by atoms with Crippen LogP contribution in [0.1, 0.15) is 0 Å². The number of hydrogen-bond acceptors (Lipinski definition) is 7. The van der Waals surface area contributed by atoms with Gasteiger partial charge in [0.05, 0.1) is 44.3 Å². The molecular weight excluding hydrogens is 448 g/mol. The zero-order valence-electron chi connectivity index (χ0n) is 18.8. The van der Waals surface area contributed by atoms with Crippen molar-refractivity contribution in [2.45, 2.75) is 0 Å². The highest BCUT2D eigenvalue weighted by Crippen LogP contribution is 1.65. The van der Waals surface area contributed by atoms with E-state index in [0.717, 1.165) is 0 Å². The van der Waals surface area contributed by atoms with Gasteiger partial charge in [0.15, 0.2) is 0 Å². The van der Waals surface area contributed by atoms with E-state index in [9.17, 15) is 0 Å². The van der Waals surface area contributed by atoms with Crippen molar-refractivity contribution in [2.24, 2.45) is 0 Å². The molecule has 0 bridgehead atoms. The average Bonchev–Trinajstić information content (AvgIpc) is 3.81. The maximum absolute atomic E-state index is 3.67. The molecule has 0 aliphatic rings. The number of imidazole rings is 7. The molecule has 0 aromatic carbocycles. The minimum atomic E-state index is 1.62. The molecule has 0 unspecified atom stereocenters. The smallest absolute Gasteiger partial charge is 0.0919 e. The van der Waals surface area contributed by atoms with Gasteiger partial charge in [0.2, 0.25) is 0 Å². The van der Waals surface area contributed by atoms with Gasteiger partial charge >= 0.3 is 0 Å². The molecule has 0 fully saturated rings. The van der Waals surface area contributed by atoms with Gasteiger partial charge in [-0.15, -0.1) is 0 Å². The first kappa shape index (κ1) is 27.5. The molecule has 0 amide bonds. The van der Waals surface area contributed by atoms with Crippen LogP contribution in [-0.4, -0.2) is 69.8 Å². The topological polar surface area (TPSA) is 201 Å². The molecule has 7 N–H and O–H groups in total. The summed E-state index contributed by atoms with van der Waals surface area (Å²) >= 11 is 0. The Bertz CT molecular complexity index is 688. The van der Waals surface area contributed by atoms with E-state index < -0.39 is 0 Å². The maximum atomic E-state index is 3.67. The van der Waals surface area contributed by atoms with Crippen molar-refractivity contribution < 1.29 is 0 Å². The zero-order valence-corrected chi connectivity index (χ0v) is 18.8. The molecule has 0 radical (unpaired) electrons. The molecular formula is C21H28N14. The molecule has 0 spiro atoms. The highest BCUT2D eigenvalue weighted by Gasteiger charge is 1.59. The first-order valence-corrected chi connectivity index (χ1v) is 9.99. The molecule has 7 rings (SSSR count). The van der Waals surface area contributed by atoms with Gasteiger partial charge in [-0.2, -0.15) is 0 Å². The molecule has 0 saturated carbocycles. The van der Waals surface area contributed by atoms with Gasteiger partial charge in [0.1, 0.15) is 0 Å². The van der Waals surface area contributed by atoms with Crippen LogP contribution in [0.2, 0.25) is 0 Å². The Kier molecular flexibility index (Phi) is 19.4. The lowest BCUT2D eigenvalue weighted by Gasteiger charge is -1.46. The molecule has 7 aromatic rings. The second kappa shape index (κ2) is 24.7. The fraction of sp³-hybridized carbons (Fsp3) is 0. The van der Waals surface area contributed by atoms with Crippen LogP contribution in [0, 0.1) is 0 Å². The predicted octanol–water partition coefficient (Wildman–Crippen LogP) is 2.87. The van der Waals surface area contributed by atoms with Crippen molar-refractivity contribution in [2.75, 3.05) is 0 Å². The zero-order chi connectivity index (χ0) is 24.7. The lowest BCUT2D eigenvalue weighted by Crippen LogP contribution is -1.44. The van der Waals surface area contributed by atoms with Gasteiger partial charge < -0.3 is 34.9 Å². The van der Waals surface area contributed by atoms with Crippen molar-refractivity contribution in [3.63, 3.8) is 0 Å². The van der Waals surface area contributed by atoms with Crippen LogP contribution < -0.4 is 0 Å². The van der Waals surface area contributed by atoms with E-state index in [1.54, 1.807) is 131 Å². The second-order valence-electron chi connectivity index (χ2n) is 5.32. The largest absolute Gasteiger partial charge is 0.351 e. The number of H-pyrrole nitrogens is 7. The van der Waals surface area contributed by atoms with Crippen LogP contribution in [0.4, 0.5) is 0 Å². The molecule has 0 aliphatic carbocycles. The summed E-state index contributed by atoms with van der Waals surface area (Å²) in [6.07, 6.45) is 35.6. The highest BCUT2D eigenvalue weighted by molar-refractivity contribution is 4.67. The summed E-state index contributed by atoms with van der Waals surface area (Å²) in [5.74, 6) is 0. The monoisotopic (exact) mass is 476 g/mol. The van der Waals surface area contributed by atoms with E-state index in [1.165, 1.54) is 0 Å². The summed E-state index contributed by atoms with van der Waals surface area (Å²) in [4.78, 5) is 44.9. The number of hydrogen-bond donors (Lipinski definition) is 7. The van der Waals surface area contributed by atoms with Gasteiger partial charge in [-0.05, 0) is 0 Å². The van der Waals surface area contributed by atoms with Crippen molar-refractivity contribution in [1.29, 1.82) is 0 Å². The van der Waals surface area contributed by atoms with E-state index in [2.05, 4.69) is 69.8 Å². The third-order valence-electron chi connectivity index (χ3n) is 2.84. The molecule has 14 nitrogen and oxygen atoms in total. The summed E-state index contributed by atoms with van der Waals surface area (Å²) in [7, 11) is 0. The number of aromatic amines is 7. The van der Waals surface area contributed by atoms with E-state index in [1.807, 2.05) is 0 Å². The second-order valence-corrected chi connectivity index (χ2v) is 5.32. The van der Waals surface area contributed by atoms with Crippen molar-refractivity contribution in [3.05, 3.63) is 131 Å². The minimum Gasteiger partial charge on any atom is -0.351 e. The van der Waals surface area contributed by atoms with Crippen LogP contribution in [0.15, 0.2) is 131 Å². The third kappa shape index (κ3) is 23.0. The number of nitrogens with one attached hydrogen (secondary N) is 7. The Balaban J connectivity index is 0.000000204. The molecule has 0 aliphatic heterocycles. The average molecular weight is 477 g/mol. The molecule has 0 saturated heterocycles. The van der Waals surface area contributed by atoms with Gasteiger partial charge in [-0.3, -0.25) is 0 Å². The molecule has 35 heavy (non-hydrogen) atoms. The fourth-order valence-electron chi connectivity index (χ4n) is 1.51. The van der Waals surface area contributed by atoms with E-state index >= 15 is 0 Å². The van der Waals surface area contributed by atoms with E-state index in [-0.39, 0.29) is 0 Å². The lowest BCUT2D eigenvalue weighted by molar-refractivity contribution is 1.31. The Labute approximate surface area is 201 Å². The van der Waals surface area contributed by atoms with Crippen LogP contribution in [0.3, 0.4) is 0 Å². The first-order valence-electron chi connectivity index (χ1n) is 9.99. The van der Waals surface area contributed by atoms with Crippen LogP contribution in [-0.2, 0) is 0 Å². The van der Waals surface area contributed by atoms with Gasteiger partial charge in [-0.1, -0.05) is 0 Å². The molecule has 7 heterocycles. The summed E-state index contributed by atoms with van der Waals surface area (Å²) in [6.45, 7) is 0.